The molecule has 0 aliphatic carbocycles. The van der Waals surface area contributed by atoms with Gasteiger partial charge < -0.3 is 14.9 Å². The standard InChI is InChI=1S/C18H13F2NO3/c1-10-7-14(12-3-2-4-15(22)18(12)20)21-17(8-10)24-11-5-6-13(19)16(23)9-11/h2-9,22-23H,1H3. The van der Waals surface area contributed by atoms with Crippen LogP contribution in [0, 0.1) is 18.6 Å². The molecule has 24 heavy (non-hydrogen) atoms. The summed E-state index contributed by atoms with van der Waals surface area (Å²) in [6.45, 7) is 1.78. The Morgan fingerprint density at radius 2 is 1.75 bits per heavy atom. The number of benzene rings is 2. The van der Waals surface area contributed by atoms with Gasteiger partial charge in [-0.15, -0.1) is 0 Å². The molecule has 0 bridgehead atoms. The van der Waals surface area contributed by atoms with Crippen LogP contribution < -0.4 is 4.74 Å². The van der Waals surface area contributed by atoms with Crippen LogP contribution in [0.2, 0.25) is 0 Å². The van der Waals surface area contributed by atoms with Crippen LogP contribution >= 0.6 is 0 Å². The van der Waals surface area contributed by atoms with E-state index in [-0.39, 0.29) is 22.9 Å². The summed E-state index contributed by atoms with van der Waals surface area (Å²) in [5, 5.41) is 18.9. The third-order valence-corrected chi connectivity index (χ3v) is 3.34. The number of nitrogens with zero attached hydrogens (tertiary/aromatic N) is 1. The molecule has 0 fully saturated rings. The van der Waals surface area contributed by atoms with E-state index in [0.717, 1.165) is 17.7 Å². The van der Waals surface area contributed by atoms with Gasteiger partial charge in [-0.3, -0.25) is 0 Å². The molecule has 4 nitrogen and oxygen atoms in total. The highest BCUT2D eigenvalue weighted by Crippen LogP contribution is 2.31. The van der Waals surface area contributed by atoms with Crippen LogP contribution in [0.1, 0.15) is 5.56 Å². The van der Waals surface area contributed by atoms with Crippen LogP contribution in [0.5, 0.6) is 23.1 Å². The molecule has 3 aromatic rings. The van der Waals surface area contributed by atoms with Crippen LogP contribution in [0.3, 0.4) is 0 Å². The van der Waals surface area contributed by atoms with E-state index in [1.54, 1.807) is 19.1 Å². The molecule has 0 unspecified atom stereocenters. The number of rotatable bonds is 3. The maximum absolute atomic E-state index is 14.1. The molecule has 0 saturated heterocycles. The number of hydrogen-bond donors (Lipinski definition) is 2. The van der Waals surface area contributed by atoms with E-state index in [1.165, 1.54) is 24.3 Å². The molecule has 3 rings (SSSR count). The summed E-state index contributed by atoms with van der Waals surface area (Å²) in [6.07, 6.45) is 0. The van der Waals surface area contributed by atoms with Gasteiger partial charge in [-0.2, -0.15) is 0 Å². The molecule has 1 heterocycles. The first kappa shape index (κ1) is 15.7. The van der Waals surface area contributed by atoms with E-state index in [2.05, 4.69) is 4.98 Å². The molecule has 0 saturated carbocycles. The Labute approximate surface area is 136 Å². The number of phenols is 2. The molecule has 0 amide bonds. The Kier molecular flexibility index (Phi) is 4.04. The van der Waals surface area contributed by atoms with Gasteiger partial charge >= 0.3 is 0 Å². The lowest BCUT2D eigenvalue weighted by Gasteiger charge is -2.10. The van der Waals surface area contributed by atoms with Crippen LogP contribution in [0.15, 0.2) is 48.5 Å². The average Bonchev–Trinajstić information content (AvgIpc) is 2.53. The molecule has 0 aliphatic heterocycles. The van der Waals surface area contributed by atoms with Crippen molar-refractivity contribution in [3.05, 3.63) is 65.7 Å². The van der Waals surface area contributed by atoms with Gasteiger partial charge in [0.2, 0.25) is 5.88 Å². The van der Waals surface area contributed by atoms with E-state index >= 15 is 0 Å². The van der Waals surface area contributed by atoms with Crippen molar-refractivity contribution < 1.29 is 23.7 Å². The van der Waals surface area contributed by atoms with Crippen LogP contribution in [0.4, 0.5) is 8.78 Å². The van der Waals surface area contributed by atoms with Gasteiger partial charge in [0.15, 0.2) is 23.1 Å². The van der Waals surface area contributed by atoms with Crippen molar-refractivity contribution in [3.8, 4) is 34.4 Å². The van der Waals surface area contributed by atoms with Gasteiger partial charge in [-0.1, -0.05) is 6.07 Å². The predicted molar refractivity (Wildman–Crippen MR) is 84.2 cm³/mol. The van der Waals surface area contributed by atoms with E-state index in [0.29, 0.717) is 0 Å². The zero-order valence-electron chi connectivity index (χ0n) is 12.6. The smallest absolute Gasteiger partial charge is 0.220 e. The van der Waals surface area contributed by atoms with E-state index < -0.39 is 23.1 Å². The van der Waals surface area contributed by atoms with Crippen LogP contribution in [-0.4, -0.2) is 15.2 Å². The fourth-order valence-corrected chi connectivity index (χ4v) is 2.22. The van der Waals surface area contributed by atoms with Gasteiger partial charge in [0.25, 0.3) is 0 Å². The summed E-state index contributed by atoms with van der Waals surface area (Å²) >= 11 is 0. The lowest BCUT2D eigenvalue weighted by atomic mass is 10.1. The Balaban J connectivity index is 2.00. The largest absolute Gasteiger partial charge is 0.505 e. The number of aryl methyl sites for hydroxylation is 1. The first-order valence-corrected chi connectivity index (χ1v) is 7.07. The lowest BCUT2D eigenvalue weighted by molar-refractivity contribution is 0.418. The number of aromatic nitrogens is 1. The Hall–Kier alpha value is -3.15. The lowest BCUT2D eigenvalue weighted by Crippen LogP contribution is -1.94. The van der Waals surface area contributed by atoms with Gasteiger partial charge in [0.05, 0.1) is 5.69 Å². The number of pyridine rings is 1. The molecule has 2 N–H and O–H groups in total. The average molecular weight is 329 g/mol. The fraction of sp³-hybridized carbons (Fsp3) is 0.0556. The van der Waals surface area contributed by atoms with E-state index in [4.69, 9.17) is 4.74 Å². The summed E-state index contributed by atoms with van der Waals surface area (Å²) in [7, 11) is 0. The van der Waals surface area contributed by atoms with Crippen molar-refractivity contribution in [1.82, 2.24) is 4.98 Å². The van der Waals surface area contributed by atoms with Crippen molar-refractivity contribution in [2.45, 2.75) is 6.92 Å². The molecular weight excluding hydrogens is 316 g/mol. The monoisotopic (exact) mass is 329 g/mol. The quantitative estimate of drug-likeness (QED) is 0.740. The maximum Gasteiger partial charge on any atom is 0.220 e. The normalized spacial score (nSPS) is 10.6. The third kappa shape index (κ3) is 3.12. The van der Waals surface area contributed by atoms with Crippen molar-refractivity contribution >= 4 is 0 Å². The summed E-state index contributed by atoms with van der Waals surface area (Å²) in [6, 6.07) is 11.0. The van der Waals surface area contributed by atoms with Crippen LogP contribution in [-0.2, 0) is 0 Å². The van der Waals surface area contributed by atoms with Crippen LogP contribution in [0.25, 0.3) is 11.3 Å². The van der Waals surface area contributed by atoms with Crippen molar-refractivity contribution in [2.75, 3.05) is 0 Å². The zero-order chi connectivity index (χ0) is 17.3. The van der Waals surface area contributed by atoms with Gasteiger partial charge in [-0.05, 0) is 42.8 Å². The minimum absolute atomic E-state index is 0.130. The summed E-state index contributed by atoms with van der Waals surface area (Å²) in [5.74, 6) is -2.21. The second-order valence-corrected chi connectivity index (χ2v) is 5.22. The fourth-order valence-electron chi connectivity index (χ4n) is 2.22. The Bertz CT molecular complexity index is 913. The highest BCUT2D eigenvalue weighted by Gasteiger charge is 2.13. The molecule has 122 valence electrons. The summed E-state index contributed by atoms with van der Waals surface area (Å²) in [4.78, 5) is 4.20. The maximum atomic E-state index is 14.1. The minimum Gasteiger partial charge on any atom is -0.505 e. The summed E-state index contributed by atoms with van der Waals surface area (Å²) < 4.78 is 32.7. The van der Waals surface area contributed by atoms with E-state index in [9.17, 15) is 19.0 Å². The molecule has 1 aromatic heterocycles. The third-order valence-electron chi connectivity index (χ3n) is 3.34. The predicted octanol–water partition coefficient (Wildman–Crippen LogP) is 4.54. The highest BCUT2D eigenvalue weighted by atomic mass is 19.1. The number of hydrogen-bond acceptors (Lipinski definition) is 4. The number of phenolic OH excluding ortho intramolecular Hbond substituents is 2. The second kappa shape index (κ2) is 6.16. The van der Waals surface area contributed by atoms with Crippen molar-refractivity contribution in [1.29, 1.82) is 0 Å². The molecular formula is C18H13F2NO3. The minimum atomic E-state index is -0.777. The van der Waals surface area contributed by atoms with Gasteiger partial charge in [0.1, 0.15) is 5.75 Å². The second-order valence-electron chi connectivity index (χ2n) is 5.22. The first-order chi connectivity index (χ1) is 11.4. The SMILES string of the molecule is Cc1cc(Oc2ccc(F)c(O)c2)nc(-c2cccc(O)c2F)c1. The highest BCUT2D eigenvalue weighted by molar-refractivity contribution is 5.63. The molecule has 6 heteroatoms. The topological polar surface area (TPSA) is 62.6 Å². The molecule has 0 radical (unpaired) electrons. The number of halogens is 2. The summed E-state index contributed by atoms with van der Waals surface area (Å²) in [5.41, 5.74) is 1.17. The first-order valence-electron chi connectivity index (χ1n) is 7.07. The molecule has 2 aromatic carbocycles. The Morgan fingerprint density at radius 3 is 2.50 bits per heavy atom. The van der Waals surface area contributed by atoms with E-state index in [1.807, 2.05) is 0 Å². The molecule has 0 aliphatic rings. The number of aromatic hydroxyl groups is 2. The molecule has 0 spiro atoms. The van der Waals surface area contributed by atoms with Crippen molar-refractivity contribution in [3.63, 3.8) is 0 Å². The van der Waals surface area contributed by atoms with Gasteiger partial charge in [-0.25, -0.2) is 13.8 Å². The molecule has 0 atom stereocenters. The zero-order valence-corrected chi connectivity index (χ0v) is 12.6. The number of ether oxygens (including phenoxy) is 1. The van der Waals surface area contributed by atoms with Gasteiger partial charge in [0, 0.05) is 17.7 Å². The Morgan fingerprint density at radius 1 is 0.958 bits per heavy atom. The van der Waals surface area contributed by atoms with Crippen molar-refractivity contribution in [2.24, 2.45) is 0 Å².